The van der Waals surface area contributed by atoms with Gasteiger partial charge in [-0.05, 0) is 13.0 Å². The van der Waals surface area contributed by atoms with Crippen LogP contribution in [0.25, 0.3) is 0 Å². The highest BCUT2D eigenvalue weighted by atomic mass is 16.1. The van der Waals surface area contributed by atoms with Crippen LogP contribution in [0.15, 0.2) is 12.3 Å². The molecule has 1 aromatic heterocycles. The molecule has 1 aromatic rings. The lowest BCUT2D eigenvalue weighted by Crippen LogP contribution is -2.07. The predicted octanol–water partition coefficient (Wildman–Crippen LogP) is 1.50. The summed E-state index contributed by atoms with van der Waals surface area (Å²) in [7, 11) is 0. The van der Waals surface area contributed by atoms with E-state index in [4.69, 9.17) is 0 Å². The quantitative estimate of drug-likeness (QED) is 0.615. The first kappa shape index (κ1) is 7.98. The Hall–Kier alpha value is -1.12. The van der Waals surface area contributed by atoms with Gasteiger partial charge in [-0.2, -0.15) is 5.10 Å². The minimum Gasteiger partial charge on any atom is -0.292 e. The lowest BCUT2D eigenvalue weighted by Gasteiger charge is -2.00. The number of Topliss-reactive ketones (excluding diaryl/α,β-unsaturated/α-hetero) is 1. The molecule has 60 valence electrons. The van der Waals surface area contributed by atoms with Crippen LogP contribution in [-0.2, 0) is 6.54 Å². The highest BCUT2D eigenvalue weighted by Crippen LogP contribution is 2.01. The molecule has 1 rings (SSSR count). The molecule has 3 nitrogen and oxygen atoms in total. The number of carbonyl (C=O) groups excluding carboxylic acids is 1. The third kappa shape index (κ3) is 1.48. The Morgan fingerprint density at radius 1 is 1.64 bits per heavy atom. The van der Waals surface area contributed by atoms with Crippen LogP contribution in [0.5, 0.6) is 0 Å². The minimum atomic E-state index is 0.157. The van der Waals surface area contributed by atoms with E-state index in [9.17, 15) is 4.79 Å². The molecule has 0 fully saturated rings. The van der Waals surface area contributed by atoms with Gasteiger partial charge in [-0.3, -0.25) is 9.48 Å². The molecule has 1 heterocycles. The lowest BCUT2D eigenvalue weighted by molar-refractivity contribution is 0.0978. The van der Waals surface area contributed by atoms with Gasteiger partial charge in [0.05, 0.1) is 0 Å². The fourth-order valence-corrected chi connectivity index (χ4v) is 1.00. The Bertz CT molecular complexity index is 252. The predicted molar refractivity (Wildman–Crippen MR) is 42.5 cm³/mol. The fourth-order valence-electron chi connectivity index (χ4n) is 1.00. The topological polar surface area (TPSA) is 34.9 Å². The molecule has 0 aliphatic carbocycles. The number of carbonyl (C=O) groups is 1. The van der Waals surface area contributed by atoms with Crippen LogP contribution in [0.1, 0.15) is 30.8 Å². The van der Waals surface area contributed by atoms with E-state index in [0.717, 1.165) is 12.2 Å². The van der Waals surface area contributed by atoms with E-state index in [1.54, 1.807) is 16.9 Å². The second-order valence-corrected chi connectivity index (χ2v) is 2.31. The van der Waals surface area contributed by atoms with E-state index in [0.29, 0.717) is 6.42 Å². The Morgan fingerprint density at radius 2 is 2.36 bits per heavy atom. The van der Waals surface area contributed by atoms with Crippen LogP contribution in [-0.4, -0.2) is 15.6 Å². The summed E-state index contributed by atoms with van der Waals surface area (Å²) in [5.74, 6) is 0.157. The third-order valence-corrected chi connectivity index (χ3v) is 1.62. The Labute approximate surface area is 66.0 Å². The smallest absolute Gasteiger partial charge is 0.180 e. The maximum absolute atomic E-state index is 11.2. The van der Waals surface area contributed by atoms with Crippen molar-refractivity contribution in [3.05, 3.63) is 18.0 Å². The molecule has 0 saturated heterocycles. The molecule has 0 radical (unpaired) electrons. The van der Waals surface area contributed by atoms with E-state index in [2.05, 4.69) is 5.10 Å². The zero-order valence-electron chi connectivity index (χ0n) is 6.87. The maximum Gasteiger partial charge on any atom is 0.180 e. The van der Waals surface area contributed by atoms with Crippen molar-refractivity contribution in [3.63, 3.8) is 0 Å². The number of nitrogens with zero attached hydrogens (tertiary/aromatic N) is 2. The SMILES string of the molecule is CCC(=O)c1ccnn1CC. The second kappa shape index (κ2) is 3.32. The minimum absolute atomic E-state index is 0.157. The summed E-state index contributed by atoms with van der Waals surface area (Å²) >= 11 is 0. The van der Waals surface area contributed by atoms with Crippen molar-refractivity contribution in [2.45, 2.75) is 26.8 Å². The van der Waals surface area contributed by atoms with E-state index in [1.807, 2.05) is 13.8 Å². The van der Waals surface area contributed by atoms with Crippen molar-refractivity contribution in [1.29, 1.82) is 0 Å². The molecule has 0 saturated carbocycles. The van der Waals surface area contributed by atoms with Gasteiger partial charge in [0.25, 0.3) is 0 Å². The molecular weight excluding hydrogens is 140 g/mol. The van der Waals surface area contributed by atoms with Crippen molar-refractivity contribution in [2.75, 3.05) is 0 Å². The number of hydrogen-bond donors (Lipinski definition) is 0. The third-order valence-electron chi connectivity index (χ3n) is 1.62. The largest absolute Gasteiger partial charge is 0.292 e. The standard InChI is InChI=1S/C8H12N2O/c1-3-8(11)7-5-6-9-10(7)4-2/h5-6H,3-4H2,1-2H3. The van der Waals surface area contributed by atoms with Crippen LogP contribution in [0, 0.1) is 0 Å². The monoisotopic (exact) mass is 152 g/mol. The van der Waals surface area contributed by atoms with Crippen LogP contribution in [0.3, 0.4) is 0 Å². The van der Waals surface area contributed by atoms with Gasteiger partial charge in [0, 0.05) is 19.2 Å². The van der Waals surface area contributed by atoms with Gasteiger partial charge in [-0.1, -0.05) is 6.92 Å². The highest BCUT2D eigenvalue weighted by Gasteiger charge is 2.07. The average molecular weight is 152 g/mol. The lowest BCUT2D eigenvalue weighted by atomic mass is 10.2. The summed E-state index contributed by atoms with van der Waals surface area (Å²) in [6.07, 6.45) is 2.21. The van der Waals surface area contributed by atoms with Crippen molar-refractivity contribution < 1.29 is 4.79 Å². The normalized spacial score (nSPS) is 10.0. The molecule has 0 amide bonds. The Morgan fingerprint density at radius 3 is 2.91 bits per heavy atom. The Balaban J connectivity index is 2.92. The van der Waals surface area contributed by atoms with Gasteiger partial charge < -0.3 is 0 Å². The number of ketones is 1. The van der Waals surface area contributed by atoms with Crippen molar-refractivity contribution in [2.24, 2.45) is 0 Å². The van der Waals surface area contributed by atoms with Crippen molar-refractivity contribution in [3.8, 4) is 0 Å². The summed E-state index contributed by atoms with van der Waals surface area (Å²) in [6.45, 7) is 4.59. The molecule has 0 spiro atoms. The van der Waals surface area contributed by atoms with Crippen LogP contribution >= 0.6 is 0 Å². The summed E-state index contributed by atoms with van der Waals surface area (Å²) in [4.78, 5) is 11.2. The summed E-state index contributed by atoms with van der Waals surface area (Å²) in [5.41, 5.74) is 0.718. The maximum atomic E-state index is 11.2. The molecular formula is C8H12N2O. The zero-order chi connectivity index (χ0) is 8.27. The second-order valence-electron chi connectivity index (χ2n) is 2.31. The first-order valence-electron chi connectivity index (χ1n) is 3.84. The highest BCUT2D eigenvalue weighted by molar-refractivity contribution is 5.94. The summed E-state index contributed by atoms with van der Waals surface area (Å²) < 4.78 is 1.71. The first-order valence-corrected chi connectivity index (χ1v) is 3.84. The molecule has 0 aliphatic rings. The summed E-state index contributed by atoms with van der Waals surface area (Å²) in [6, 6.07) is 1.76. The van der Waals surface area contributed by atoms with Gasteiger partial charge >= 0.3 is 0 Å². The molecule has 3 heteroatoms. The van der Waals surface area contributed by atoms with Gasteiger partial charge in [0.15, 0.2) is 5.78 Å². The number of aromatic nitrogens is 2. The van der Waals surface area contributed by atoms with Crippen molar-refractivity contribution >= 4 is 5.78 Å². The van der Waals surface area contributed by atoms with Crippen LogP contribution < -0.4 is 0 Å². The molecule has 11 heavy (non-hydrogen) atoms. The zero-order valence-corrected chi connectivity index (χ0v) is 6.87. The van der Waals surface area contributed by atoms with Crippen LogP contribution in [0.4, 0.5) is 0 Å². The van der Waals surface area contributed by atoms with E-state index < -0.39 is 0 Å². The average Bonchev–Trinajstić information content (AvgIpc) is 2.50. The van der Waals surface area contributed by atoms with Crippen LogP contribution in [0.2, 0.25) is 0 Å². The number of rotatable bonds is 3. The molecule has 0 bridgehead atoms. The number of hydrogen-bond acceptors (Lipinski definition) is 2. The summed E-state index contributed by atoms with van der Waals surface area (Å²) in [5, 5.41) is 4.00. The van der Waals surface area contributed by atoms with Gasteiger partial charge in [0.1, 0.15) is 5.69 Å². The van der Waals surface area contributed by atoms with Gasteiger partial charge in [-0.25, -0.2) is 0 Å². The molecule has 0 aromatic carbocycles. The molecule has 0 N–H and O–H groups in total. The molecule has 0 aliphatic heterocycles. The fraction of sp³-hybridized carbons (Fsp3) is 0.500. The van der Waals surface area contributed by atoms with E-state index in [-0.39, 0.29) is 5.78 Å². The molecule has 0 atom stereocenters. The van der Waals surface area contributed by atoms with Gasteiger partial charge in [-0.15, -0.1) is 0 Å². The number of aryl methyl sites for hydroxylation is 1. The molecule has 0 unspecified atom stereocenters. The first-order chi connectivity index (χ1) is 5.29. The van der Waals surface area contributed by atoms with Crippen molar-refractivity contribution in [1.82, 2.24) is 9.78 Å². The van der Waals surface area contributed by atoms with E-state index >= 15 is 0 Å². The van der Waals surface area contributed by atoms with Gasteiger partial charge in [0.2, 0.25) is 0 Å². The van der Waals surface area contributed by atoms with E-state index in [1.165, 1.54) is 0 Å². The Kier molecular flexibility index (Phi) is 2.41.